The van der Waals surface area contributed by atoms with Crippen molar-refractivity contribution in [2.75, 3.05) is 12.4 Å². The number of carbonyl (C=O) groups is 3. The van der Waals surface area contributed by atoms with E-state index in [1.165, 1.54) is 19.2 Å². The fourth-order valence-corrected chi connectivity index (χ4v) is 6.22. The van der Waals surface area contributed by atoms with E-state index in [2.05, 4.69) is 16.1 Å². The SMILES string of the molecule is CONC(=O)C(C)(C)Oc1ccc(Cl)cc1[C@H]1CC(=O)N[C@@H](c2cc(F)ccc2C)[C@]12C(=O)Nc1cc(Cl)ccc12. The van der Waals surface area contributed by atoms with Crippen LogP contribution in [0, 0.1) is 12.7 Å². The number of carbonyl (C=O) groups excluding carboxylic acids is 3. The predicted octanol–water partition coefficient (Wildman–Crippen LogP) is 5.51. The van der Waals surface area contributed by atoms with Crippen LogP contribution in [0.5, 0.6) is 5.75 Å². The first-order valence-corrected chi connectivity index (χ1v) is 13.6. The number of anilines is 1. The third-order valence-electron chi connectivity index (χ3n) is 7.76. The first-order valence-electron chi connectivity index (χ1n) is 12.9. The first-order chi connectivity index (χ1) is 19.4. The zero-order valence-electron chi connectivity index (χ0n) is 22.7. The number of hydrogen-bond donors (Lipinski definition) is 3. The fourth-order valence-electron chi connectivity index (χ4n) is 5.86. The van der Waals surface area contributed by atoms with Gasteiger partial charge in [0.05, 0.1) is 13.2 Å². The number of aryl methyl sites for hydroxylation is 1. The second-order valence-electron chi connectivity index (χ2n) is 10.7. The lowest BCUT2D eigenvalue weighted by molar-refractivity contribution is -0.145. The van der Waals surface area contributed by atoms with E-state index in [1.807, 2.05) is 0 Å². The molecule has 0 unspecified atom stereocenters. The summed E-state index contributed by atoms with van der Waals surface area (Å²) in [6, 6.07) is 13.2. The Morgan fingerprint density at radius 3 is 2.49 bits per heavy atom. The Hall–Kier alpha value is -3.66. The monoisotopic (exact) mass is 599 g/mol. The maximum Gasteiger partial charge on any atom is 0.287 e. The number of amides is 3. The summed E-state index contributed by atoms with van der Waals surface area (Å²) >= 11 is 12.8. The molecule has 5 rings (SSSR count). The van der Waals surface area contributed by atoms with E-state index < -0.39 is 40.6 Å². The Balaban J connectivity index is 1.78. The van der Waals surface area contributed by atoms with Gasteiger partial charge in [-0.2, -0.15) is 0 Å². The van der Waals surface area contributed by atoms with Gasteiger partial charge in [-0.1, -0.05) is 35.3 Å². The van der Waals surface area contributed by atoms with E-state index in [0.29, 0.717) is 38.0 Å². The zero-order chi connectivity index (χ0) is 29.7. The Bertz CT molecular complexity index is 1580. The Morgan fingerprint density at radius 2 is 1.76 bits per heavy atom. The molecule has 2 aliphatic heterocycles. The Kier molecular flexibility index (Phi) is 7.48. The molecule has 0 saturated carbocycles. The van der Waals surface area contributed by atoms with Crippen LogP contribution in [0.1, 0.15) is 54.5 Å². The van der Waals surface area contributed by atoms with E-state index in [0.717, 1.165) is 0 Å². The lowest BCUT2D eigenvalue weighted by atomic mass is 9.59. The van der Waals surface area contributed by atoms with E-state index in [9.17, 15) is 18.8 Å². The molecule has 2 heterocycles. The van der Waals surface area contributed by atoms with Gasteiger partial charge >= 0.3 is 0 Å². The van der Waals surface area contributed by atoms with Crippen molar-refractivity contribution in [3.8, 4) is 5.75 Å². The molecule has 41 heavy (non-hydrogen) atoms. The van der Waals surface area contributed by atoms with Crippen molar-refractivity contribution < 1.29 is 28.3 Å². The minimum Gasteiger partial charge on any atom is -0.478 e. The lowest BCUT2D eigenvalue weighted by Crippen LogP contribution is -2.57. The normalized spacial score (nSPS) is 21.7. The van der Waals surface area contributed by atoms with Gasteiger partial charge in [-0.15, -0.1) is 0 Å². The average molecular weight is 600 g/mol. The van der Waals surface area contributed by atoms with Gasteiger partial charge < -0.3 is 15.4 Å². The number of ether oxygens (including phenoxy) is 1. The minimum atomic E-state index is -1.46. The molecule has 0 aliphatic carbocycles. The second-order valence-corrected chi connectivity index (χ2v) is 11.6. The number of fused-ring (bicyclic) bond motifs is 2. The summed E-state index contributed by atoms with van der Waals surface area (Å²) in [6.45, 7) is 4.90. The molecule has 3 aromatic carbocycles. The molecular weight excluding hydrogens is 572 g/mol. The Labute approximate surface area is 246 Å². The van der Waals surface area contributed by atoms with Crippen LogP contribution in [0.3, 0.4) is 0 Å². The largest absolute Gasteiger partial charge is 0.478 e. The summed E-state index contributed by atoms with van der Waals surface area (Å²) in [6.07, 6.45) is -0.123. The average Bonchev–Trinajstić information content (AvgIpc) is 3.18. The van der Waals surface area contributed by atoms with Crippen LogP contribution in [0.4, 0.5) is 10.1 Å². The molecule has 3 aromatic rings. The number of piperidine rings is 1. The molecule has 0 radical (unpaired) electrons. The van der Waals surface area contributed by atoms with Gasteiger partial charge in [0.1, 0.15) is 17.0 Å². The summed E-state index contributed by atoms with van der Waals surface area (Å²) in [5.41, 5.74) is 2.02. The van der Waals surface area contributed by atoms with Crippen molar-refractivity contribution in [1.82, 2.24) is 10.8 Å². The number of rotatable bonds is 6. The van der Waals surface area contributed by atoms with Crippen LogP contribution in [-0.4, -0.2) is 30.4 Å². The molecule has 0 aromatic heterocycles. The molecule has 2 aliphatic rings. The van der Waals surface area contributed by atoms with Crippen molar-refractivity contribution in [1.29, 1.82) is 0 Å². The molecule has 1 spiro atoms. The van der Waals surface area contributed by atoms with Crippen LogP contribution in [0.25, 0.3) is 0 Å². The lowest BCUT2D eigenvalue weighted by Gasteiger charge is -2.47. The number of benzene rings is 3. The van der Waals surface area contributed by atoms with Crippen molar-refractivity contribution in [2.24, 2.45) is 0 Å². The molecular formula is C30H28Cl2FN3O5. The van der Waals surface area contributed by atoms with Crippen molar-refractivity contribution in [2.45, 2.75) is 50.2 Å². The van der Waals surface area contributed by atoms with Crippen molar-refractivity contribution >= 4 is 46.6 Å². The number of halogens is 3. The van der Waals surface area contributed by atoms with Crippen molar-refractivity contribution in [3.63, 3.8) is 0 Å². The van der Waals surface area contributed by atoms with Crippen LogP contribution in [-0.2, 0) is 24.6 Å². The molecule has 3 N–H and O–H groups in total. The molecule has 214 valence electrons. The highest BCUT2D eigenvalue weighted by atomic mass is 35.5. The van der Waals surface area contributed by atoms with Crippen molar-refractivity contribution in [3.05, 3.63) is 92.7 Å². The maximum absolute atomic E-state index is 14.7. The number of nitrogens with one attached hydrogen (secondary N) is 3. The van der Waals surface area contributed by atoms with Gasteiger partial charge in [0.2, 0.25) is 11.8 Å². The minimum absolute atomic E-state index is 0.123. The topological polar surface area (TPSA) is 106 Å². The highest BCUT2D eigenvalue weighted by molar-refractivity contribution is 6.31. The summed E-state index contributed by atoms with van der Waals surface area (Å²) in [5, 5.41) is 6.67. The van der Waals surface area contributed by atoms with Gasteiger partial charge in [0.25, 0.3) is 5.91 Å². The molecule has 11 heteroatoms. The third kappa shape index (κ3) is 4.92. The van der Waals surface area contributed by atoms with Gasteiger partial charge in [-0.05, 0) is 79.9 Å². The Morgan fingerprint density at radius 1 is 1.05 bits per heavy atom. The highest BCUT2D eigenvalue weighted by Gasteiger charge is 2.62. The maximum atomic E-state index is 14.7. The van der Waals surface area contributed by atoms with Gasteiger partial charge in [0, 0.05) is 33.6 Å². The summed E-state index contributed by atoms with van der Waals surface area (Å²) in [4.78, 5) is 45.2. The second kappa shape index (κ2) is 10.6. The van der Waals surface area contributed by atoms with Crippen LogP contribution in [0.2, 0.25) is 10.0 Å². The summed E-state index contributed by atoms with van der Waals surface area (Å²) in [7, 11) is 1.31. The quantitative estimate of drug-likeness (QED) is 0.324. The summed E-state index contributed by atoms with van der Waals surface area (Å²) < 4.78 is 20.9. The van der Waals surface area contributed by atoms with E-state index in [1.54, 1.807) is 63.2 Å². The van der Waals surface area contributed by atoms with Crippen LogP contribution >= 0.6 is 23.2 Å². The van der Waals surface area contributed by atoms with Gasteiger partial charge in [-0.3, -0.25) is 19.2 Å². The van der Waals surface area contributed by atoms with E-state index in [4.69, 9.17) is 32.8 Å². The molecule has 0 bridgehead atoms. The molecule has 3 atom stereocenters. The smallest absolute Gasteiger partial charge is 0.287 e. The molecule has 3 amide bonds. The predicted molar refractivity (Wildman–Crippen MR) is 152 cm³/mol. The third-order valence-corrected chi connectivity index (χ3v) is 8.23. The number of hydroxylamine groups is 1. The molecule has 1 fully saturated rings. The van der Waals surface area contributed by atoms with Crippen LogP contribution < -0.4 is 20.9 Å². The fraction of sp³-hybridized carbons (Fsp3) is 0.300. The van der Waals surface area contributed by atoms with E-state index >= 15 is 0 Å². The molecule has 1 saturated heterocycles. The van der Waals surface area contributed by atoms with Crippen LogP contribution in [0.15, 0.2) is 54.6 Å². The first kappa shape index (κ1) is 28.9. The van der Waals surface area contributed by atoms with Gasteiger partial charge in [-0.25, -0.2) is 9.87 Å². The molecule has 8 nitrogen and oxygen atoms in total. The highest BCUT2D eigenvalue weighted by Crippen LogP contribution is 2.59. The summed E-state index contributed by atoms with van der Waals surface area (Å²) in [5.74, 6) is -2.42. The zero-order valence-corrected chi connectivity index (χ0v) is 24.2. The standard InChI is InChI=1S/C30H28Cl2FN3O5/c1-15-5-8-18(33)13-19(15)26-30(21-9-6-17(32)12-23(21)34-28(30)39)22(14-25(37)35-26)20-11-16(31)7-10-24(20)41-29(2,3)27(38)36-40-4/h5-13,22,26H,14H2,1-4H3,(H,34,39)(H,35,37)(H,36,38)/t22-,26+,30-/m1/s1. The van der Waals surface area contributed by atoms with E-state index in [-0.39, 0.29) is 18.1 Å². The number of hydrogen-bond acceptors (Lipinski definition) is 5. The van der Waals surface area contributed by atoms with Gasteiger partial charge in [0.15, 0.2) is 5.60 Å².